The molecule has 2 heterocycles. The Balaban J connectivity index is 1.90. The minimum Gasteiger partial charge on any atom is -0.373 e. The van der Waals surface area contributed by atoms with Crippen LogP contribution in [0.25, 0.3) is 10.2 Å². The molecule has 2 aromatic heterocycles. The molecule has 0 spiro atoms. The van der Waals surface area contributed by atoms with Gasteiger partial charge >= 0.3 is 0 Å². The zero-order valence-electron chi connectivity index (χ0n) is 9.71. The minimum atomic E-state index is 0.762. The second-order valence-corrected chi connectivity index (χ2v) is 4.58. The van der Waals surface area contributed by atoms with E-state index in [1.54, 1.807) is 11.3 Å². The third-order valence-electron chi connectivity index (χ3n) is 2.53. The SMILES string of the molecule is CNc1cc(Nc2ccc3ncsc3c2)ncn1. The first kappa shape index (κ1) is 10.9. The molecule has 3 rings (SSSR count). The van der Waals surface area contributed by atoms with Crippen LogP contribution in [0.3, 0.4) is 0 Å². The molecule has 0 atom stereocenters. The fourth-order valence-electron chi connectivity index (χ4n) is 1.64. The fourth-order valence-corrected chi connectivity index (χ4v) is 2.36. The molecule has 0 aliphatic rings. The van der Waals surface area contributed by atoms with Crippen molar-refractivity contribution in [1.29, 1.82) is 0 Å². The third-order valence-corrected chi connectivity index (χ3v) is 3.32. The highest BCUT2D eigenvalue weighted by molar-refractivity contribution is 7.16. The van der Waals surface area contributed by atoms with E-state index in [0.717, 1.165) is 27.5 Å². The van der Waals surface area contributed by atoms with Crippen LogP contribution in [-0.4, -0.2) is 22.0 Å². The Morgan fingerprint density at radius 1 is 1.06 bits per heavy atom. The summed E-state index contributed by atoms with van der Waals surface area (Å²) in [4.78, 5) is 12.5. The van der Waals surface area contributed by atoms with Crippen molar-refractivity contribution in [2.45, 2.75) is 0 Å². The first-order chi connectivity index (χ1) is 8.85. The highest BCUT2D eigenvalue weighted by Gasteiger charge is 2.01. The number of fused-ring (bicyclic) bond motifs is 1. The Hall–Kier alpha value is -2.21. The highest BCUT2D eigenvalue weighted by atomic mass is 32.1. The molecule has 0 bridgehead atoms. The number of thiazole rings is 1. The predicted molar refractivity (Wildman–Crippen MR) is 74.5 cm³/mol. The van der Waals surface area contributed by atoms with Crippen LogP contribution in [0.15, 0.2) is 36.1 Å². The van der Waals surface area contributed by atoms with E-state index < -0.39 is 0 Å². The lowest BCUT2D eigenvalue weighted by Crippen LogP contribution is -1.97. The summed E-state index contributed by atoms with van der Waals surface area (Å²) in [6.45, 7) is 0. The van der Waals surface area contributed by atoms with Crippen LogP contribution in [0.4, 0.5) is 17.3 Å². The largest absolute Gasteiger partial charge is 0.373 e. The summed E-state index contributed by atoms with van der Waals surface area (Å²) in [6, 6.07) is 7.91. The number of hydrogen-bond donors (Lipinski definition) is 2. The lowest BCUT2D eigenvalue weighted by Gasteiger charge is -2.06. The van der Waals surface area contributed by atoms with Gasteiger partial charge in [-0.3, -0.25) is 0 Å². The van der Waals surface area contributed by atoms with E-state index in [1.807, 2.05) is 30.8 Å². The predicted octanol–water partition coefficient (Wildman–Crippen LogP) is 2.87. The summed E-state index contributed by atoms with van der Waals surface area (Å²) in [6.07, 6.45) is 1.53. The summed E-state index contributed by atoms with van der Waals surface area (Å²) in [5, 5.41) is 6.23. The maximum atomic E-state index is 4.25. The van der Waals surface area contributed by atoms with Gasteiger partial charge in [0.15, 0.2) is 0 Å². The van der Waals surface area contributed by atoms with Crippen LogP contribution in [-0.2, 0) is 0 Å². The molecule has 1 aromatic carbocycles. The molecule has 18 heavy (non-hydrogen) atoms. The molecule has 0 aliphatic carbocycles. The van der Waals surface area contributed by atoms with Crippen molar-refractivity contribution >= 4 is 38.9 Å². The molecule has 0 amide bonds. The van der Waals surface area contributed by atoms with Gasteiger partial charge in [0, 0.05) is 18.8 Å². The van der Waals surface area contributed by atoms with Gasteiger partial charge in [0.1, 0.15) is 18.0 Å². The quantitative estimate of drug-likeness (QED) is 0.755. The smallest absolute Gasteiger partial charge is 0.135 e. The van der Waals surface area contributed by atoms with Crippen LogP contribution in [0.2, 0.25) is 0 Å². The van der Waals surface area contributed by atoms with Crippen molar-refractivity contribution in [1.82, 2.24) is 15.0 Å². The molecule has 90 valence electrons. The Morgan fingerprint density at radius 3 is 2.83 bits per heavy atom. The van der Waals surface area contributed by atoms with Crippen LogP contribution in [0.1, 0.15) is 0 Å². The van der Waals surface area contributed by atoms with E-state index >= 15 is 0 Å². The molecular weight excluding hydrogens is 246 g/mol. The van der Waals surface area contributed by atoms with E-state index in [1.165, 1.54) is 6.33 Å². The first-order valence-electron chi connectivity index (χ1n) is 5.45. The molecule has 5 nitrogen and oxygen atoms in total. The van der Waals surface area contributed by atoms with Gasteiger partial charge in [-0.2, -0.15) is 0 Å². The molecule has 0 radical (unpaired) electrons. The Morgan fingerprint density at radius 2 is 1.94 bits per heavy atom. The highest BCUT2D eigenvalue weighted by Crippen LogP contribution is 2.24. The lowest BCUT2D eigenvalue weighted by atomic mass is 10.3. The van der Waals surface area contributed by atoms with E-state index in [-0.39, 0.29) is 0 Å². The van der Waals surface area contributed by atoms with Crippen LogP contribution in [0.5, 0.6) is 0 Å². The van der Waals surface area contributed by atoms with Gasteiger partial charge < -0.3 is 10.6 Å². The van der Waals surface area contributed by atoms with Crippen LogP contribution in [0, 0.1) is 0 Å². The van der Waals surface area contributed by atoms with Crippen molar-refractivity contribution in [3.63, 3.8) is 0 Å². The maximum absolute atomic E-state index is 4.25. The molecule has 6 heteroatoms. The molecule has 0 unspecified atom stereocenters. The van der Waals surface area contributed by atoms with Crippen molar-refractivity contribution in [2.75, 3.05) is 17.7 Å². The van der Waals surface area contributed by atoms with E-state index in [2.05, 4.69) is 31.7 Å². The number of nitrogens with zero attached hydrogens (tertiary/aromatic N) is 3. The van der Waals surface area contributed by atoms with Gasteiger partial charge in [0.2, 0.25) is 0 Å². The van der Waals surface area contributed by atoms with Gasteiger partial charge in [-0.25, -0.2) is 15.0 Å². The number of anilines is 3. The molecule has 0 saturated heterocycles. The van der Waals surface area contributed by atoms with Gasteiger partial charge in [-0.1, -0.05) is 0 Å². The van der Waals surface area contributed by atoms with Crippen molar-refractivity contribution in [3.05, 3.63) is 36.1 Å². The molecule has 2 N–H and O–H groups in total. The fraction of sp³-hybridized carbons (Fsp3) is 0.0833. The monoisotopic (exact) mass is 257 g/mol. The maximum Gasteiger partial charge on any atom is 0.135 e. The standard InChI is InChI=1S/C12H11N5S/c1-13-11-5-12(15-6-14-11)17-8-2-3-9-10(4-8)18-7-16-9/h2-7H,1H3,(H2,13,14,15,17). The van der Waals surface area contributed by atoms with E-state index in [4.69, 9.17) is 0 Å². The normalized spacial score (nSPS) is 10.5. The van der Waals surface area contributed by atoms with Gasteiger partial charge in [-0.15, -0.1) is 11.3 Å². The van der Waals surface area contributed by atoms with Crippen LogP contribution < -0.4 is 10.6 Å². The minimum absolute atomic E-state index is 0.762. The first-order valence-corrected chi connectivity index (χ1v) is 6.33. The molecule has 3 aromatic rings. The summed E-state index contributed by atoms with van der Waals surface area (Å²) < 4.78 is 1.16. The molecule has 0 aliphatic heterocycles. The summed E-state index contributed by atoms with van der Waals surface area (Å²) in [7, 11) is 1.83. The Labute approximate surface area is 108 Å². The van der Waals surface area contributed by atoms with Gasteiger partial charge in [-0.05, 0) is 18.2 Å². The zero-order chi connectivity index (χ0) is 12.4. The van der Waals surface area contributed by atoms with Gasteiger partial charge in [0.05, 0.1) is 15.7 Å². The van der Waals surface area contributed by atoms with Crippen LogP contribution >= 0.6 is 11.3 Å². The van der Waals surface area contributed by atoms with Crippen molar-refractivity contribution < 1.29 is 0 Å². The van der Waals surface area contributed by atoms with E-state index in [9.17, 15) is 0 Å². The third kappa shape index (κ3) is 2.10. The number of nitrogens with one attached hydrogen (secondary N) is 2. The average Bonchev–Trinajstić information content (AvgIpc) is 2.86. The molecule has 0 fully saturated rings. The second kappa shape index (κ2) is 4.58. The van der Waals surface area contributed by atoms with Crippen molar-refractivity contribution in [2.24, 2.45) is 0 Å². The topological polar surface area (TPSA) is 62.7 Å². The average molecular weight is 257 g/mol. The number of aromatic nitrogens is 3. The Kier molecular flexibility index (Phi) is 2.77. The zero-order valence-corrected chi connectivity index (χ0v) is 10.5. The summed E-state index contributed by atoms with van der Waals surface area (Å²) >= 11 is 1.62. The number of rotatable bonds is 3. The number of hydrogen-bond acceptors (Lipinski definition) is 6. The van der Waals surface area contributed by atoms with E-state index in [0.29, 0.717) is 0 Å². The Bertz CT molecular complexity index is 679. The number of benzene rings is 1. The lowest BCUT2D eigenvalue weighted by molar-refractivity contribution is 1.16. The second-order valence-electron chi connectivity index (χ2n) is 3.70. The summed E-state index contributed by atoms with van der Waals surface area (Å²) in [5.74, 6) is 1.55. The van der Waals surface area contributed by atoms with Crippen molar-refractivity contribution in [3.8, 4) is 0 Å². The summed E-state index contributed by atoms with van der Waals surface area (Å²) in [5.41, 5.74) is 3.86. The van der Waals surface area contributed by atoms with Gasteiger partial charge in [0.25, 0.3) is 0 Å². The molecular formula is C12H11N5S. The molecule has 0 saturated carbocycles.